The molecule has 0 radical (unpaired) electrons. The number of carbonyl (C=O) groups is 1. The van der Waals surface area contributed by atoms with Gasteiger partial charge in [0.15, 0.2) is 5.96 Å². The topological polar surface area (TPSA) is 69.6 Å². The number of hydrogen-bond acceptors (Lipinski definition) is 3. The maximum absolute atomic E-state index is 12.0. The maximum atomic E-state index is 12.0. The van der Waals surface area contributed by atoms with Crippen LogP contribution in [0, 0.1) is 6.92 Å². The number of aryl methyl sites for hydroxylation is 1. The molecule has 0 bridgehead atoms. The summed E-state index contributed by atoms with van der Waals surface area (Å²) in [7, 11) is 3.71. The summed E-state index contributed by atoms with van der Waals surface area (Å²) in [6.45, 7) is 3.21. The zero-order valence-electron chi connectivity index (χ0n) is 15.0. The number of guanidine groups is 1. The van der Waals surface area contributed by atoms with Gasteiger partial charge in [0.25, 0.3) is 0 Å². The summed E-state index contributed by atoms with van der Waals surface area (Å²) in [5, 5.41) is 6.00. The molecule has 2 aromatic rings. The number of aliphatic imine (C=N–C) groups is 1. The van der Waals surface area contributed by atoms with Gasteiger partial charge in [0.1, 0.15) is 5.82 Å². The fourth-order valence-electron chi connectivity index (χ4n) is 2.35. The Morgan fingerprint density at radius 3 is 2.60 bits per heavy atom. The molecule has 0 unspecified atom stereocenters. The smallest absolute Gasteiger partial charge is 0.227 e. The second-order valence-electron chi connectivity index (χ2n) is 5.83. The van der Waals surface area contributed by atoms with Gasteiger partial charge >= 0.3 is 0 Å². The Kier molecular flexibility index (Phi) is 6.95. The van der Waals surface area contributed by atoms with Crippen LogP contribution in [-0.2, 0) is 11.3 Å². The molecule has 2 rings (SSSR count). The number of amides is 1. The van der Waals surface area contributed by atoms with Gasteiger partial charge in [-0.3, -0.25) is 9.79 Å². The monoisotopic (exact) mass is 339 g/mol. The fraction of sp³-hybridized carbons (Fsp3) is 0.316. The number of benzene rings is 1. The van der Waals surface area contributed by atoms with E-state index in [1.807, 2.05) is 43.1 Å². The summed E-state index contributed by atoms with van der Waals surface area (Å²) < 4.78 is 0. The highest BCUT2D eigenvalue weighted by Crippen LogP contribution is 2.05. The maximum Gasteiger partial charge on any atom is 0.227 e. The van der Waals surface area contributed by atoms with Crippen molar-refractivity contribution in [2.45, 2.75) is 19.9 Å². The third-order valence-electron chi connectivity index (χ3n) is 3.65. The SMILES string of the molecule is CN=C(NCCC(=O)Nc1ccc(C)cn1)N(C)Cc1ccccc1. The third-order valence-corrected chi connectivity index (χ3v) is 3.65. The van der Waals surface area contributed by atoms with Crippen LogP contribution in [0.1, 0.15) is 17.5 Å². The quantitative estimate of drug-likeness (QED) is 0.626. The minimum atomic E-state index is -0.0787. The first-order valence-electron chi connectivity index (χ1n) is 8.26. The summed E-state index contributed by atoms with van der Waals surface area (Å²) in [4.78, 5) is 22.4. The molecule has 0 fully saturated rings. The normalized spacial score (nSPS) is 11.1. The predicted octanol–water partition coefficient (Wildman–Crippen LogP) is 2.43. The molecule has 0 saturated carbocycles. The van der Waals surface area contributed by atoms with Gasteiger partial charge in [-0.05, 0) is 24.1 Å². The van der Waals surface area contributed by atoms with Crippen LogP contribution in [0.25, 0.3) is 0 Å². The Hall–Kier alpha value is -2.89. The highest BCUT2D eigenvalue weighted by Gasteiger charge is 2.08. The molecule has 2 N–H and O–H groups in total. The molecule has 1 heterocycles. The van der Waals surface area contributed by atoms with Crippen LogP contribution < -0.4 is 10.6 Å². The molecule has 6 heteroatoms. The van der Waals surface area contributed by atoms with Crippen molar-refractivity contribution in [2.75, 3.05) is 26.0 Å². The molecule has 132 valence electrons. The summed E-state index contributed by atoms with van der Waals surface area (Å²) in [5.74, 6) is 1.25. The largest absolute Gasteiger partial charge is 0.356 e. The van der Waals surface area contributed by atoms with E-state index in [0.717, 1.165) is 18.1 Å². The van der Waals surface area contributed by atoms with E-state index in [-0.39, 0.29) is 5.91 Å². The Balaban J connectivity index is 1.76. The van der Waals surface area contributed by atoms with Crippen LogP contribution in [0.3, 0.4) is 0 Å². The van der Waals surface area contributed by atoms with E-state index in [2.05, 4.69) is 32.7 Å². The van der Waals surface area contributed by atoms with Crippen molar-refractivity contribution in [3.8, 4) is 0 Å². The van der Waals surface area contributed by atoms with Gasteiger partial charge in [0.2, 0.25) is 5.91 Å². The lowest BCUT2D eigenvalue weighted by Crippen LogP contribution is -2.39. The Morgan fingerprint density at radius 2 is 1.96 bits per heavy atom. The lowest BCUT2D eigenvalue weighted by atomic mass is 10.2. The van der Waals surface area contributed by atoms with Gasteiger partial charge in [-0.15, -0.1) is 0 Å². The Bertz CT molecular complexity index is 698. The average molecular weight is 339 g/mol. The van der Waals surface area contributed by atoms with Crippen molar-refractivity contribution < 1.29 is 4.79 Å². The molecule has 1 aromatic heterocycles. The number of nitrogens with one attached hydrogen (secondary N) is 2. The van der Waals surface area contributed by atoms with E-state index in [1.165, 1.54) is 5.56 Å². The lowest BCUT2D eigenvalue weighted by molar-refractivity contribution is -0.116. The van der Waals surface area contributed by atoms with E-state index in [4.69, 9.17) is 0 Å². The van der Waals surface area contributed by atoms with Gasteiger partial charge in [0.05, 0.1) is 0 Å². The Labute approximate surface area is 149 Å². The average Bonchev–Trinajstić information content (AvgIpc) is 2.61. The van der Waals surface area contributed by atoms with E-state index in [0.29, 0.717) is 18.8 Å². The van der Waals surface area contributed by atoms with Crippen LogP contribution in [0.4, 0.5) is 5.82 Å². The molecular weight excluding hydrogens is 314 g/mol. The highest BCUT2D eigenvalue weighted by molar-refractivity contribution is 5.90. The molecule has 25 heavy (non-hydrogen) atoms. The molecule has 0 spiro atoms. The lowest BCUT2D eigenvalue weighted by Gasteiger charge is -2.22. The van der Waals surface area contributed by atoms with E-state index in [1.54, 1.807) is 19.3 Å². The first-order chi connectivity index (χ1) is 12.1. The number of pyridine rings is 1. The van der Waals surface area contributed by atoms with Crippen LogP contribution in [0.5, 0.6) is 0 Å². The molecule has 0 aliphatic heterocycles. The standard InChI is InChI=1S/C19H25N5O/c1-15-9-10-17(22-13-15)23-18(25)11-12-21-19(20-2)24(3)14-16-7-5-4-6-8-16/h4-10,13H,11-12,14H2,1-3H3,(H,20,21)(H,22,23,25). The molecule has 6 nitrogen and oxygen atoms in total. The molecule has 0 aliphatic carbocycles. The molecule has 0 atom stereocenters. The predicted molar refractivity (Wildman–Crippen MR) is 101 cm³/mol. The fourth-order valence-corrected chi connectivity index (χ4v) is 2.35. The Morgan fingerprint density at radius 1 is 1.20 bits per heavy atom. The molecule has 0 aliphatic rings. The van der Waals surface area contributed by atoms with Gasteiger partial charge in [-0.25, -0.2) is 4.98 Å². The van der Waals surface area contributed by atoms with Gasteiger partial charge in [-0.2, -0.15) is 0 Å². The minimum absolute atomic E-state index is 0.0787. The van der Waals surface area contributed by atoms with Crippen molar-refractivity contribution in [1.82, 2.24) is 15.2 Å². The number of carbonyl (C=O) groups excluding carboxylic acids is 1. The highest BCUT2D eigenvalue weighted by atomic mass is 16.1. The number of nitrogens with zero attached hydrogens (tertiary/aromatic N) is 3. The molecule has 1 amide bonds. The summed E-state index contributed by atoms with van der Waals surface area (Å²) in [6.07, 6.45) is 2.07. The molecular formula is C19H25N5O. The first kappa shape index (κ1) is 18.4. The first-order valence-corrected chi connectivity index (χ1v) is 8.26. The van der Waals surface area contributed by atoms with Crippen LogP contribution in [0.2, 0.25) is 0 Å². The third kappa shape index (κ3) is 6.25. The van der Waals surface area contributed by atoms with Crippen molar-refractivity contribution in [3.63, 3.8) is 0 Å². The zero-order chi connectivity index (χ0) is 18.1. The number of hydrogen-bond donors (Lipinski definition) is 2. The van der Waals surface area contributed by atoms with E-state index >= 15 is 0 Å². The minimum Gasteiger partial charge on any atom is -0.356 e. The number of rotatable bonds is 6. The van der Waals surface area contributed by atoms with Crippen molar-refractivity contribution in [2.24, 2.45) is 4.99 Å². The summed E-state index contributed by atoms with van der Waals surface area (Å²) >= 11 is 0. The molecule has 1 aromatic carbocycles. The van der Waals surface area contributed by atoms with Gasteiger partial charge in [0, 0.05) is 39.8 Å². The van der Waals surface area contributed by atoms with Crippen molar-refractivity contribution in [1.29, 1.82) is 0 Å². The van der Waals surface area contributed by atoms with Gasteiger partial charge < -0.3 is 15.5 Å². The van der Waals surface area contributed by atoms with Crippen LogP contribution >= 0.6 is 0 Å². The van der Waals surface area contributed by atoms with E-state index in [9.17, 15) is 4.79 Å². The van der Waals surface area contributed by atoms with Crippen molar-refractivity contribution in [3.05, 3.63) is 59.8 Å². The number of aromatic nitrogens is 1. The van der Waals surface area contributed by atoms with E-state index < -0.39 is 0 Å². The number of anilines is 1. The second kappa shape index (κ2) is 9.42. The second-order valence-corrected chi connectivity index (χ2v) is 5.83. The van der Waals surface area contributed by atoms with Crippen LogP contribution in [0.15, 0.2) is 53.7 Å². The van der Waals surface area contributed by atoms with Crippen molar-refractivity contribution >= 4 is 17.7 Å². The summed E-state index contributed by atoms with van der Waals surface area (Å²) in [5.41, 5.74) is 2.26. The van der Waals surface area contributed by atoms with Gasteiger partial charge in [-0.1, -0.05) is 36.4 Å². The van der Waals surface area contributed by atoms with Crippen LogP contribution in [-0.4, -0.2) is 42.4 Å². The molecule has 0 saturated heterocycles. The summed E-state index contributed by atoms with van der Waals surface area (Å²) in [6, 6.07) is 13.9. The zero-order valence-corrected chi connectivity index (χ0v) is 15.0.